The first-order valence-corrected chi connectivity index (χ1v) is 12.2. The van der Waals surface area contributed by atoms with Crippen LogP contribution in [0.2, 0.25) is 0 Å². The molecule has 2 aliphatic heterocycles. The maximum Gasteiger partial charge on any atom is 0.191 e. The lowest BCUT2D eigenvalue weighted by Crippen LogP contribution is -2.43. The average molecular weight is 546 g/mol. The molecule has 2 saturated heterocycles. The molecule has 0 spiro atoms. The van der Waals surface area contributed by atoms with E-state index in [2.05, 4.69) is 77.4 Å². The second-order valence-electron chi connectivity index (χ2n) is 8.70. The van der Waals surface area contributed by atoms with E-state index in [1.165, 1.54) is 55.8 Å². The molecule has 30 heavy (non-hydrogen) atoms. The van der Waals surface area contributed by atoms with E-state index in [4.69, 9.17) is 4.99 Å². The Morgan fingerprint density at radius 3 is 2.53 bits per heavy atom. The van der Waals surface area contributed by atoms with Crippen molar-refractivity contribution >= 4 is 41.7 Å². The molecule has 1 aromatic carbocycles. The molecule has 1 aromatic rings. The predicted octanol–water partition coefficient (Wildman–Crippen LogP) is 3.78. The fraction of sp³-hybridized carbons (Fsp3) is 0.696. The lowest BCUT2D eigenvalue weighted by Gasteiger charge is -2.24. The number of guanidine groups is 1. The van der Waals surface area contributed by atoms with Gasteiger partial charge in [-0.2, -0.15) is 11.8 Å². The van der Waals surface area contributed by atoms with Gasteiger partial charge in [0.15, 0.2) is 5.96 Å². The van der Waals surface area contributed by atoms with Crippen LogP contribution in [0.4, 0.5) is 0 Å². The van der Waals surface area contributed by atoms with Gasteiger partial charge in [-0.3, -0.25) is 4.90 Å². The van der Waals surface area contributed by atoms with Crippen molar-refractivity contribution in [1.82, 2.24) is 20.4 Å². The molecule has 2 heterocycles. The number of hydrogen-bond donors (Lipinski definition) is 2. The molecular weight excluding hydrogens is 505 g/mol. The van der Waals surface area contributed by atoms with Gasteiger partial charge in [-0.15, -0.1) is 24.0 Å². The summed E-state index contributed by atoms with van der Waals surface area (Å²) in [4.78, 5) is 9.82. The second kappa shape index (κ2) is 13.1. The molecule has 1 unspecified atom stereocenters. The number of rotatable bonds is 7. The third-order valence-corrected chi connectivity index (χ3v) is 7.47. The summed E-state index contributed by atoms with van der Waals surface area (Å²) in [5.74, 6) is 2.21. The molecule has 2 N–H and O–H groups in total. The van der Waals surface area contributed by atoms with Crippen molar-refractivity contribution < 1.29 is 0 Å². The van der Waals surface area contributed by atoms with Crippen LogP contribution in [0.5, 0.6) is 0 Å². The van der Waals surface area contributed by atoms with Gasteiger partial charge >= 0.3 is 0 Å². The first-order chi connectivity index (χ1) is 14.1. The molecule has 5 nitrogen and oxygen atoms in total. The van der Waals surface area contributed by atoms with Crippen LogP contribution >= 0.6 is 35.7 Å². The minimum absolute atomic E-state index is 0. The third kappa shape index (κ3) is 8.55. The van der Waals surface area contributed by atoms with Gasteiger partial charge in [-0.05, 0) is 70.1 Å². The van der Waals surface area contributed by atoms with Crippen molar-refractivity contribution in [2.24, 2.45) is 4.99 Å². The first-order valence-electron chi connectivity index (χ1n) is 11.2. The fourth-order valence-corrected chi connectivity index (χ4v) is 5.27. The molecule has 0 radical (unpaired) electrons. The summed E-state index contributed by atoms with van der Waals surface area (Å²) < 4.78 is 0.347. The van der Waals surface area contributed by atoms with Gasteiger partial charge in [0.25, 0.3) is 0 Å². The highest BCUT2D eigenvalue weighted by atomic mass is 127. The van der Waals surface area contributed by atoms with E-state index in [0.717, 1.165) is 32.1 Å². The Labute approximate surface area is 204 Å². The van der Waals surface area contributed by atoms with E-state index >= 15 is 0 Å². The van der Waals surface area contributed by atoms with Crippen molar-refractivity contribution in [1.29, 1.82) is 0 Å². The molecule has 7 heteroatoms. The molecule has 2 aliphatic rings. The summed E-state index contributed by atoms with van der Waals surface area (Å²) in [6.45, 7) is 12.9. The van der Waals surface area contributed by atoms with Crippen LogP contribution < -0.4 is 10.6 Å². The van der Waals surface area contributed by atoms with Crippen LogP contribution in [0, 0.1) is 0 Å². The SMILES string of the molecule is CCNC(=NCc1ccc(CN2CCCN(C)CC2)cc1)NCC1(C)CCCS1.I. The highest BCUT2D eigenvalue weighted by molar-refractivity contribution is 14.0. The summed E-state index contributed by atoms with van der Waals surface area (Å²) >= 11 is 2.08. The standard InChI is InChI=1S/C23H39N5S.HI/c1-4-24-22(26-19-23(2)11-5-16-29-23)25-17-20-7-9-21(10-8-20)18-28-13-6-12-27(3)14-15-28;/h7-10H,4-6,11-19H2,1-3H3,(H2,24,25,26);1H. The highest BCUT2D eigenvalue weighted by Crippen LogP contribution is 2.36. The highest BCUT2D eigenvalue weighted by Gasteiger charge is 2.29. The molecule has 3 rings (SSSR count). The number of halogens is 1. The minimum atomic E-state index is 0. The zero-order chi connectivity index (χ0) is 20.5. The monoisotopic (exact) mass is 545 g/mol. The third-order valence-electron chi connectivity index (χ3n) is 5.94. The molecule has 0 aromatic heterocycles. The van der Waals surface area contributed by atoms with Gasteiger partial charge < -0.3 is 15.5 Å². The van der Waals surface area contributed by atoms with Gasteiger partial charge in [-0.1, -0.05) is 24.3 Å². The fourth-order valence-electron chi connectivity index (χ4n) is 4.03. The minimum Gasteiger partial charge on any atom is -0.357 e. The van der Waals surface area contributed by atoms with Crippen molar-refractivity contribution in [2.45, 2.75) is 50.9 Å². The molecule has 1 atom stereocenters. The van der Waals surface area contributed by atoms with Crippen molar-refractivity contribution in [3.63, 3.8) is 0 Å². The molecule has 170 valence electrons. The van der Waals surface area contributed by atoms with Crippen molar-refractivity contribution in [2.75, 3.05) is 52.1 Å². The van der Waals surface area contributed by atoms with Crippen LogP contribution in [0.15, 0.2) is 29.3 Å². The molecular formula is C23H40IN5S. The Kier molecular flexibility index (Phi) is 11.3. The normalized spacial score (nSPS) is 23.6. The predicted molar refractivity (Wildman–Crippen MR) is 142 cm³/mol. The smallest absolute Gasteiger partial charge is 0.191 e. The second-order valence-corrected chi connectivity index (χ2v) is 10.4. The number of likely N-dealkylation sites (N-methyl/N-ethyl adjacent to an activating group) is 1. The Bertz CT molecular complexity index is 645. The van der Waals surface area contributed by atoms with Crippen LogP contribution in [-0.4, -0.2) is 72.6 Å². The van der Waals surface area contributed by atoms with Gasteiger partial charge in [0, 0.05) is 37.5 Å². The van der Waals surface area contributed by atoms with Crippen LogP contribution in [0.1, 0.15) is 44.2 Å². The van der Waals surface area contributed by atoms with Gasteiger partial charge in [0.1, 0.15) is 0 Å². The van der Waals surface area contributed by atoms with E-state index in [1.807, 2.05) is 0 Å². The summed E-state index contributed by atoms with van der Waals surface area (Å²) in [6.07, 6.45) is 3.89. The quantitative estimate of drug-likeness (QED) is 0.310. The van der Waals surface area contributed by atoms with E-state index in [-0.39, 0.29) is 24.0 Å². The van der Waals surface area contributed by atoms with E-state index in [1.54, 1.807) is 0 Å². The lowest BCUT2D eigenvalue weighted by molar-refractivity contribution is 0.269. The molecule has 0 saturated carbocycles. The zero-order valence-electron chi connectivity index (χ0n) is 19.0. The number of nitrogens with zero attached hydrogens (tertiary/aromatic N) is 3. The number of aliphatic imine (C=N–C) groups is 1. The molecule has 0 bridgehead atoms. The molecule has 0 amide bonds. The number of benzene rings is 1. The van der Waals surface area contributed by atoms with Gasteiger partial charge in [-0.25, -0.2) is 4.99 Å². The van der Waals surface area contributed by atoms with Crippen molar-refractivity contribution in [3.8, 4) is 0 Å². The van der Waals surface area contributed by atoms with Crippen LogP contribution in [0.25, 0.3) is 0 Å². The summed E-state index contributed by atoms with van der Waals surface area (Å²) in [5.41, 5.74) is 2.67. The number of nitrogens with one attached hydrogen (secondary N) is 2. The first kappa shape index (κ1) is 25.7. The van der Waals surface area contributed by atoms with Crippen molar-refractivity contribution in [3.05, 3.63) is 35.4 Å². The largest absolute Gasteiger partial charge is 0.357 e. The Morgan fingerprint density at radius 1 is 1.07 bits per heavy atom. The number of thioether (sulfide) groups is 1. The maximum atomic E-state index is 4.81. The van der Waals surface area contributed by atoms with E-state index in [9.17, 15) is 0 Å². The zero-order valence-corrected chi connectivity index (χ0v) is 22.1. The van der Waals surface area contributed by atoms with E-state index in [0.29, 0.717) is 11.3 Å². The van der Waals surface area contributed by atoms with Crippen LogP contribution in [0.3, 0.4) is 0 Å². The van der Waals surface area contributed by atoms with Gasteiger partial charge in [0.2, 0.25) is 0 Å². The lowest BCUT2D eigenvalue weighted by atomic mass is 10.1. The molecule has 0 aliphatic carbocycles. The summed E-state index contributed by atoms with van der Waals surface area (Å²) in [6, 6.07) is 9.02. The van der Waals surface area contributed by atoms with Crippen LogP contribution in [-0.2, 0) is 13.1 Å². The summed E-state index contributed by atoms with van der Waals surface area (Å²) in [5, 5.41) is 6.94. The topological polar surface area (TPSA) is 42.9 Å². The Morgan fingerprint density at radius 2 is 1.83 bits per heavy atom. The summed E-state index contributed by atoms with van der Waals surface area (Å²) in [7, 11) is 2.22. The van der Waals surface area contributed by atoms with Gasteiger partial charge in [0.05, 0.1) is 6.54 Å². The Balaban J connectivity index is 0.00000320. The number of hydrogen-bond acceptors (Lipinski definition) is 4. The Hall–Kier alpha value is -0.510. The molecule has 2 fully saturated rings. The average Bonchev–Trinajstić information content (AvgIpc) is 3.05. The maximum absolute atomic E-state index is 4.81. The van der Waals surface area contributed by atoms with E-state index < -0.39 is 0 Å².